The van der Waals surface area contributed by atoms with E-state index in [1.54, 1.807) is 32.0 Å². The van der Waals surface area contributed by atoms with Crippen molar-refractivity contribution < 1.29 is 14.7 Å². The van der Waals surface area contributed by atoms with Gasteiger partial charge >= 0.3 is 5.97 Å². The monoisotopic (exact) mass is 234 g/mol. The van der Waals surface area contributed by atoms with Crippen molar-refractivity contribution in [2.45, 2.75) is 13.8 Å². The summed E-state index contributed by atoms with van der Waals surface area (Å²) in [6, 6.07) is 5.01. The van der Waals surface area contributed by atoms with Crippen LogP contribution in [0.15, 0.2) is 18.2 Å². The number of carbonyl (C=O) groups is 1. The molecule has 0 fully saturated rings. The Balaban J connectivity index is 2.71. The van der Waals surface area contributed by atoms with Crippen LogP contribution in [0.25, 0.3) is 10.9 Å². The van der Waals surface area contributed by atoms with Gasteiger partial charge in [0.2, 0.25) is 0 Å². The standard InChI is InChI=1S/C12H14N2O3/c1-3-17-12(15)11-7(2)14(16)10-6-8(13)4-5-9(10)11/h4-6,16H,3,13H2,1-2H3. The molecule has 90 valence electrons. The topological polar surface area (TPSA) is 77.5 Å². The minimum atomic E-state index is -0.437. The van der Waals surface area contributed by atoms with E-state index in [1.165, 1.54) is 0 Å². The third-order valence-electron chi connectivity index (χ3n) is 2.68. The molecule has 1 aromatic carbocycles. The summed E-state index contributed by atoms with van der Waals surface area (Å²) >= 11 is 0. The second-order valence-electron chi connectivity index (χ2n) is 3.77. The predicted octanol–water partition coefficient (Wildman–Crippen LogP) is 1.95. The number of carbonyl (C=O) groups excluding carboxylic acids is 1. The van der Waals surface area contributed by atoms with Gasteiger partial charge in [0.05, 0.1) is 23.4 Å². The van der Waals surface area contributed by atoms with E-state index in [4.69, 9.17) is 10.5 Å². The lowest BCUT2D eigenvalue weighted by Crippen LogP contribution is -2.06. The molecule has 0 amide bonds. The van der Waals surface area contributed by atoms with Crippen LogP contribution in [0.4, 0.5) is 5.69 Å². The highest BCUT2D eigenvalue weighted by molar-refractivity contribution is 6.06. The number of anilines is 1. The lowest BCUT2D eigenvalue weighted by molar-refractivity contribution is 0.0525. The summed E-state index contributed by atoms with van der Waals surface area (Å²) in [7, 11) is 0. The van der Waals surface area contributed by atoms with E-state index in [0.29, 0.717) is 34.5 Å². The highest BCUT2D eigenvalue weighted by atomic mass is 16.5. The van der Waals surface area contributed by atoms with Crippen LogP contribution in [0.2, 0.25) is 0 Å². The first kappa shape index (κ1) is 11.3. The van der Waals surface area contributed by atoms with Gasteiger partial charge in [-0.15, -0.1) is 0 Å². The lowest BCUT2D eigenvalue weighted by atomic mass is 10.1. The van der Waals surface area contributed by atoms with E-state index >= 15 is 0 Å². The minimum Gasteiger partial charge on any atom is -0.462 e. The molecule has 0 aliphatic heterocycles. The number of aromatic nitrogens is 1. The third kappa shape index (κ3) is 1.69. The van der Waals surface area contributed by atoms with Gasteiger partial charge in [-0.2, -0.15) is 4.73 Å². The average molecular weight is 234 g/mol. The van der Waals surface area contributed by atoms with Gasteiger partial charge in [-0.25, -0.2) is 4.79 Å². The molecule has 1 heterocycles. The summed E-state index contributed by atoms with van der Waals surface area (Å²) in [5, 5.41) is 10.5. The predicted molar refractivity (Wildman–Crippen MR) is 64.2 cm³/mol. The Bertz CT molecular complexity index is 587. The van der Waals surface area contributed by atoms with Gasteiger partial charge in [0.1, 0.15) is 0 Å². The molecule has 0 atom stereocenters. The van der Waals surface area contributed by atoms with Gasteiger partial charge in [0.25, 0.3) is 0 Å². The summed E-state index contributed by atoms with van der Waals surface area (Å²) in [4.78, 5) is 11.8. The van der Waals surface area contributed by atoms with Crippen molar-refractivity contribution in [2.24, 2.45) is 0 Å². The maximum Gasteiger partial charge on any atom is 0.340 e. The molecule has 5 heteroatoms. The minimum absolute atomic E-state index is 0.297. The number of rotatable bonds is 2. The first-order chi connectivity index (χ1) is 8.06. The van der Waals surface area contributed by atoms with Gasteiger partial charge in [-0.1, -0.05) is 0 Å². The zero-order chi connectivity index (χ0) is 12.6. The van der Waals surface area contributed by atoms with E-state index in [2.05, 4.69) is 0 Å². The van der Waals surface area contributed by atoms with E-state index < -0.39 is 5.97 Å². The van der Waals surface area contributed by atoms with Crippen LogP contribution in [0.3, 0.4) is 0 Å². The highest BCUT2D eigenvalue weighted by Crippen LogP contribution is 2.27. The summed E-state index contributed by atoms with van der Waals surface area (Å²) in [6.45, 7) is 3.69. The normalized spacial score (nSPS) is 10.7. The number of fused-ring (bicyclic) bond motifs is 1. The van der Waals surface area contributed by atoms with E-state index in [-0.39, 0.29) is 0 Å². The number of ether oxygens (including phenoxy) is 1. The zero-order valence-corrected chi connectivity index (χ0v) is 9.73. The Kier molecular flexibility index (Phi) is 2.67. The molecule has 0 aliphatic rings. The molecule has 2 rings (SSSR count). The van der Waals surface area contributed by atoms with Crippen LogP contribution < -0.4 is 5.73 Å². The van der Waals surface area contributed by atoms with Crippen molar-refractivity contribution in [1.29, 1.82) is 0 Å². The fourth-order valence-corrected chi connectivity index (χ4v) is 1.88. The quantitative estimate of drug-likeness (QED) is 0.473. The molecular weight excluding hydrogens is 220 g/mol. The number of hydrogen-bond acceptors (Lipinski definition) is 4. The van der Waals surface area contributed by atoms with Gasteiger partial charge in [0, 0.05) is 11.1 Å². The molecule has 0 spiro atoms. The Morgan fingerprint density at radius 1 is 1.53 bits per heavy atom. The maximum atomic E-state index is 11.8. The molecule has 2 aromatic rings. The fraction of sp³-hybridized carbons (Fsp3) is 0.250. The number of nitrogens with zero attached hydrogens (tertiary/aromatic N) is 1. The number of esters is 1. The second kappa shape index (κ2) is 4.01. The largest absolute Gasteiger partial charge is 0.462 e. The Morgan fingerprint density at radius 3 is 2.88 bits per heavy atom. The molecule has 0 unspecified atom stereocenters. The van der Waals surface area contributed by atoms with Crippen molar-refractivity contribution >= 4 is 22.6 Å². The smallest absolute Gasteiger partial charge is 0.340 e. The average Bonchev–Trinajstić information content (AvgIpc) is 2.53. The van der Waals surface area contributed by atoms with E-state index in [9.17, 15) is 10.0 Å². The summed E-state index contributed by atoms with van der Waals surface area (Å²) in [5.74, 6) is -0.437. The van der Waals surface area contributed by atoms with Gasteiger partial charge < -0.3 is 15.7 Å². The highest BCUT2D eigenvalue weighted by Gasteiger charge is 2.20. The molecule has 0 bridgehead atoms. The fourth-order valence-electron chi connectivity index (χ4n) is 1.88. The van der Waals surface area contributed by atoms with Crippen LogP contribution in [0, 0.1) is 6.92 Å². The van der Waals surface area contributed by atoms with Crippen LogP contribution in [0.1, 0.15) is 23.0 Å². The molecule has 0 aliphatic carbocycles. The van der Waals surface area contributed by atoms with Crippen molar-refractivity contribution in [3.8, 4) is 0 Å². The lowest BCUT2D eigenvalue weighted by Gasteiger charge is -2.01. The van der Waals surface area contributed by atoms with Gasteiger partial charge in [-0.3, -0.25) is 0 Å². The van der Waals surface area contributed by atoms with Crippen LogP contribution >= 0.6 is 0 Å². The summed E-state index contributed by atoms with van der Waals surface area (Å²) < 4.78 is 5.92. The third-order valence-corrected chi connectivity index (χ3v) is 2.68. The molecule has 17 heavy (non-hydrogen) atoms. The first-order valence-corrected chi connectivity index (χ1v) is 5.33. The Hall–Kier alpha value is -2.17. The Morgan fingerprint density at radius 2 is 2.24 bits per heavy atom. The zero-order valence-electron chi connectivity index (χ0n) is 9.73. The second-order valence-corrected chi connectivity index (χ2v) is 3.77. The van der Waals surface area contributed by atoms with E-state index in [0.717, 1.165) is 4.73 Å². The van der Waals surface area contributed by atoms with Gasteiger partial charge in [-0.05, 0) is 32.0 Å². The summed E-state index contributed by atoms with van der Waals surface area (Å²) in [6.07, 6.45) is 0. The molecule has 0 saturated carbocycles. The van der Waals surface area contributed by atoms with E-state index in [1.807, 2.05) is 0 Å². The number of nitrogens with two attached hydrogens (primary N) is 1. The number of nitrogen functional groups attached to an aromatic ring is 1. The van der Waals surface area contributed by atoms with Crippen LogP contribution in [-0.2, 0) is 4.74 Å². The Labute approximate surface area is 98.4 Å². The van der Waals surface area contributed by atoms with Crippen molar-refractivity contribution in [3.63, 3.8) is 0 Å². The summed E-state index contributed by atoms with van der Waals surface area (Å²) in [5.41, 5.74) is 7.51. The van der Waals surface area contributed by atoms with Crippen LogP contribution in [-0.4, -0.2) is 22.5 Å². The maximum absolute atomic E-state index is 11.8. The molecule has 0 saturated heterocycles. The molecule has 3 N–H and O–H groups in total. The molecule has 0 radical (unpaired) electrons. The van der Waals surface area contributed by atoms with Crippen LogP contribution in [0.5, 0.6) is 0 Å². The van der Waals surface area contributed by atoms with Crippen molar-refractivity contribution in [1.82, 2.24) is 4.73 Å². The molecule has 1 aromatic heterocycles. The first-order valence-electron chi connectivity index (χ1n) is 5.33. The number of benzene rings is 1. The molecular formula is C12H14N2O3. The van der Waals surface area contributed by atoms with Gasteiger partial charge in [0.15, 0.2) is 0 Å². The SMILES string of the molecule is CCOC(=O)c1c(C)n(O)c2cc(N)ccc12. The van der Waals surface area contributed by atoms with Crippen molar-refractivity contribution in [3.05, 3.63) is 29.5 Å². The van der Waals surface area contributed by atoms with Crippen molar-refractivity contribution in [2.75, 3.05) is 12.3 Å². The molecule has 5 nitrogen and oxygen atoms in total. The number of hydrogen-bond donors (Lipinski definition) is 2.